The van der Waals surface area contributed by atoms with Gasteiger partial charge in [-0.25, -0.2) is 0 Å². The predicted octanol–water partition coefficient (Wildman–Crippen LogP) is 2.89. The van der Waals surface area contributed by atoms with Crippen molar-refractivity contribution >= 4 is 23.6 Å². The number of benzene rings is 2. The molecule has 0 radical (unpaired) electrons. The van der Waals surface area contributed by atoms with Gasteiger partial charge < -0.3 is 37.2 Å². The molecule has 278 valence electrons. The van der Waals surface area contributed by atoms with Gasteiger partial charge in [0.25, 0.3) is 0 Å². The van der Waals surface area contributed by atoms with Crippen LogP contribution in [0.4, 0.5) is 0 Å². The number of carbonyl (C=O) groups excluding carboxylic acids is 4. The highest BCUT2D eigenvalue weighted by Gasteiger charge is 2.46. The average molecular weight is 702 g/mol. The summed E-state index contributed by atoms with van der Waals surface area (Å²) in [5, 5.41) is 8.80. The highest BCUT2D eigenvalue weighted by molar-refractivity contribution is 5.95. The second-order valence-electron chi connectivity index (χ2n) is 15.0. The van der Waals surface area contributed by atoms with Gasteiger partial charge in [0.2, 0.25) is 23.6 Å². The summed E-state index contributed by atoms with van der Waals surface area (Å²) in [7, 11) is 0. The lowest BCUT2D eigenvalue weighted by Crippen LogP contribution is -2.62. The van der Waals surface area contributed by atoms with Gasteiger partial charge >= 0.3 is 0 Å². The number of rotatable bonds is 18. The van der Waals surface area contributed by atoms with Gasteiger partial charge in [0, 0.05) is 43.7 Å². The summed E-state index contributed by atoms with van der Waals surface area (Å²) in [6.07, 6.45) is 4.60. The Morgan fingerprint density at radius 3 is 1.84 bits per heavy atom. The molecule has 2 aromatic carbocycles. The minimum atomic E-state index is -0.973. The van der Waals surface area contributed by atoms with E-state index in [1.54, 1.807) is 0 Å². The summed E-state index contributed by atoms with van der Waals surface area (Å²) in [4.78, 5) is 59.3. The smallest absolute Gasteiger partial charge is 0.245 e. The molecular weight excluding hydrogens is 642 g/mol. The molecule has 2 fully saturated rings. The number of allylic oxidation sites excluding steroid dienone is 1. The van der Waals surface area contributed by atoms with Crippen molar-refractivity contribution in [3.63, 3.8) is 0 Å². The SMILES string of the molecule is C=C(C)N1CC2(CCN(C(=O)[C@@H](CCCCN)NC(=O)[C@@H](CC(C)C)NC(=O)[C@@H](Cc3ccccc3)NC(=O)[C@H](N)Cc3ccccc3)CC2)C1. The molecule has 1 spiro atoms. The molecule has 7 N–H and O–H groups in total. The molecule has 0 bridgehead atoms. The predicted molar refractivity (Wildman–Crippen MR) is 201 cm³/mol. The monoisotopic (exact) mass is 701 g/mol. The van der Waals surface area contributed by atoms with E-state index in [9.17, 15) is 19.2 Å². The first-order valence-corrected chi connectivity index (χ1v) is 18.5. The molecule has 51 heavy (non-hydrogen) atoms. The minimum Gasteiger partial charge on any atom is -0.374 e. The fourth-order valence-corrected chi connectivity index (χ4v) is 7.07. The summed E-state index contributed by atoms with van der Waals surface area (Å²) in [5.74, 6) is -1.39. The molecule has 11 heteroatoms. The lowest BCUT2D eigenvalue weighted by molar-refractivity contribution is -0.141. The second-order valence-corrected chi connectivity index (χ2v) is 15.0. The van der Waals surface area contributed by atoms with Gasteiger partial charge in [-0.1, -0.05) is 81.1 Å². The molecule has 2 aliphatic rings. The number of piperidine rings is 1. The molecule has 2 aliphatic heterocycles. The summed E-state index contributed by atoms with van der Waals surface area (Å²) in [5.41, 5.74) is 15.1. The maximum Gasteiger partial charge on any atom is 0.245 e. The standard InChI is InChI=1S/C40H59N7O4/c1-28(2)23-34(37(49)43-33(17-11-12-20-41)39(51)46-21-18-40(19-22-46)26-47(27-40)29(3)4)45-38(50)35(25-31-15-9-6-10-16-31)44-36(48)32(42)24-30-13-7-5-8-14-30/h5-10,13-16,28,32-35H,3,11-12,17-27,41-42H2,1-2,4H3,(H,43,49)(H,44,48)(H,45,50)/t32-,33-,34-,35-/m1/s1. The average Bonchev–Trinajstić information content (AvgIpc) is 3.09. The number of unbranched alkanes of at least 4 members (excludes halogenated alkanes) is 1. The molecule has 0 aromatic heterocycles. The van der Waals surface area contributed by atoms with Crippen molar-refractivity contribution < 1.29 is 19.2 Å². The number of nitrogens with zero attached hydrogens (tertiary/aromatic N) is 2. The van der Waals surface area contributed by atoms with E-state index in [1.165, 1.54) is 0 Å². The Hall–Kier alpha value is -4.22. The van der Waals surface area contributed by atoms with E-state index in [1.807, 2.05) is 86.3 Å². The van der Waals surface area contributed by atoms with E-state index in [-0.39, 0.29) is 23.7 Å². The van der Waals surface area contributed by atoms with Crippen LogP contribution in [0, 0.1) is 11.3 Å². The van der Waals surface area contributed by atoms with Crippen LogP contribution in [0.1, 0.15) is 70.4 Å². The Bertz CT molecular complexity index is 1450. The van der Waals surface area contributed by atoms with Gasteiger partial charge in [-0.05, 0) is 75.5 Å². The zero-order valence-electron chi connectivity index (χ0n) is 30.7. The minimum absolute atomic E-state index is 0.0634. The third-order valence-corrected chi connectivity index (χ3v) is 10.2. The van der Waals surface area contributed by atoms with Crippen LogP contribution in [0.5, 0.6) is 0 Å². The Balaban J connectivity index is 1.44. The maximum absolute atomic E-state index is 14.0. The first-order valence-electron chi connectivity index (χ1n) is 18.5. The Labute approximate surface area is 304 Å². The zero-order chi connectivity index (χ0) is 37.0. The summed E-state index contributed by atoms with van der Waals surface area (Å²) in [6.45, 7) is 13.8. The normalized spacial score (nSPS) is 17.5. The van der Waals surface area contributed by atoms with Crippen LogP contribution in [0.25, 0.3) is 0 Å². The molecule has 0 saturated carbocycles. The van der Waals surface area contributed by atoms with E-state index in [4.69, 9.17) is 11.5 Å². The number of nitrogens with one attached hydrogen (secondary N) is 3. The molecule has 0 aliphatic carbocycles. The summed E-state index contributed by atoms with van der Waals surface area (Å²) in [6, 6.07) is 15.4. The van der Waals surface area contributed by atoms with Crippen LogP contribution in [0.2, 0.25) is 0 Å². The summed E-state index contributed by atoms with van der Waals surface area (Å²) >= 11 is 0. The van der Waals surface area contributed by atoms with Crippen LogP contribution < -0.4 is 27.4 Å². The molecule has 2 saturated heterocycles. The van der Waals surface area contributed by atoms with Crippen molar-refractivity contribution in [2.75, 3.05) is 32.7 Å². The van der Waals surface area contributed by atoms with Crippen molar-refractivity contribution in [2.45, 2.75) is 96.3 Å². The van der Waals surface area contributed by atoms with E-state index >= 15 is 0 Å². The maximum atomic E-state index is 14.0. The lowest BCUT2D eigenvalue weighted by Gasteiger charge is -2.55. The third kappa shape index (κ3) is 11.7. The molecule has 2 aromatic rings. The van der Waals surface area contributed by atoms with E-state index in [2.05, 4.69) is 27.4 Å². The Morgan fingerprint density at radius 1 is 0.765 bits per heavy atom. The topological polar surface area (TPSA) is 163 Å². The van der Waals surface area contributed by atoms with Crippen LogP contribution in [0.3, 0.4) is 0 Å². The Kier molecular flexibility index (Phi) is 14.6. The van der Waals surface area contributed by atoms with Crippen LogP contribution in [-0.2, 0) is 32.0 Å². The van der Waals surface area contributed by atoms with Crippen LogP contribution in [-0.4, -0.2) is 90.3 Å². The largest absolute Gasteiger partial charge is 0.374 e. The number of nitrogens with two attached hydrogens (primary N) is 2. The first kappa shape index (κ1) is 39.6. The fourth-order valence-electron chi connectivity index (χ4n) is 7.07. The van der Waals surface area contributed by atoms with E-state index in [0.29, 0.717) is 45.3 Å². The lowest BCUT2D eigenvalue weighted by atomic mass is 9.71. The van der Waals surface area contributed by atoms with E-state index < -0.39 is 41.9 Å². The van der Waals surface area contributed by atoms with E-state index in [0.717, 1.165) is 49.2 Å². The quantitative estimate of drug-likeness (QED) is 0.149. The van der Waals surface area contributed by atoms with Crippen molar-refractivity contribution in [3.8, 4) is 0 Å². The van der Waals surface area contributed by atoms with Gasteiger partial charge in [-0.3, -0.25) is 19.2 Å². The zero-order valence-corrected chi connectivity index (χ0v) is 30.7. The molecule has 4 rings (SSSR count). The number of likely N-dealkylation sites (tertiary alicyclic amines) is 2. The van der Waals surface area contributed by atoms with Crippen molar-refractivity contribution in [2.24, 2.45) is 22.8 Å². The van der Waals surface area contributed by atoms with Crippen molar-refractivity contribution in [1.29, 1.82) is 0 Å². The van der Waals surface area contributed by atoms with Crippen molar-refractivity contribution in [3.05, 3.63) is 84.1 Å². The fraction of sp³-hybridized carbons (Fsp3) is 0.550. The number of amides is 4. The van der Waals surface area contributed by atoms with Crippen LogP contribution in [0.15, 0.2) is 72.9 Å². The Morgan fingerprint density at radius 2 is 1.29 bits per heavy atom. The van der Waals surface area contributed by atoms with Crippen molar-refractivity contribution in [1.82, 2.24) is 25.8 Å². The van der Waals surface area contributed by atoms with Gasteiger partial charge in [0.05, 0.1) is 6.04 Å². The molecular formula is C40H59N7O4. The number of hydrogen-bond acceptors (Lipinski definition) is 7. The van der Waals surface area contributed by atoms with Gasteiger partial charge in [-0.15, -0.1) is 0 Å². The molecule has 4 atom stereocenters. The highest BCUT2D eigenvalue weighted by atomic mass is 16.2. The highest BCUT2D eigenvalue weighted by Crippen LogP contribution is 2.41. The molecule has 0 unspecified atom stereocenters. The first-order chi connectivity index (χ1) is 24.4. The van der Waals surface area contributed by atoms with Gasteiger partial charge in [-0.2, -0.15) is 0 Å². The van der Waals surface area contributed by atoms with Gasteiger partial charge in [0.1, 0.15) is 18.1 Å². The van der Waals surface area contributed by atoms with Crippen LogP contribution >= 0.6 is 0 Å². The van der Waals surface area contributed by atoms with Gasteiger partial charge in [0.15, 0.2) is 0 Å². The number of hydrogen-bond donors (Lipinski definition) is 5. The molecule has 11 nitrogen and oxygen atoms in total. The number of carbonyl (C=O) groups is 4. The second kappa shape index (κ2) is 18.9. The molecule has 2 heterocycles. The molecule has 4 amide bonds. The third-order valence-electron chi connectivity index (χ3n) is 10.2. The summed E-state index contributed by atoms with van der Waals surface area (Å²) < 4.78 is 0.